The third-order valence-corrected chi connectivity index (χ3v) is 3.66. The van der Waals surface area contributed by atoms with Gasteiger partial charge in [-0.2, -0.15) is 13.2 Å². The minimum Gasteiger partial charge on any atom is -0.355 e. The minimum absolute atomic E-state index is 0. The lowest BCUT2D eigenvalue weighted by Crippen LogP contribution is -2.41. The van der Waals surface area contributed by atoms with E-state index in [1.807, 2.05) is 0 Å². The third-order valence-electron chi connectivity index (χ3n) is 3.66. The monoisotopic (exact) mass is 476 g/mol. The van der Waals surface area contributed by atoms with Gasteiger partial charge in [-0.15, -0.1) is 24.0 Å². The van der Waals surface area contributed by atoms with Crippen molar-refractivity contribution in [2.24, 2.45) is 4.99 Å². The first-order chi connectivity index (χ1) is 11.3. The van der Waals surface area contributed by atoms with E-state index < -0.39 is 17.6 Å². The summed E-state index contributed by atoms with van der Waals surface area (Å²) in [5.74, 6) is -0.507. The van der Waals surface area contributed by atoms with Crippen molar-refractivity contribution in [1.29, 1.82) is 0 Å². The van der Waals surface area contributed by atoms with Gasteiger partial charge in [0.15, 0.2) is 5.96 Å². The van der Waals surface area contributed by atoms with Gasteiger partial charge >= 0.3 is 6.18 Å². The Morgan fingerprint density at radius 1 is 1.16 bits per heavy atom. The van der Waals surface area contributed by atoms with Crippen LogP contribution in [0.4, 0.5) is 17.6 Å². The number of hydrogen-bond acceptors (Lipinski definition) is 2. The van der Waals surface area contributed by atoms with E-state index in [4.69, 9.17) is 0 Å². The number of nitrogens with zero attached hydrogens (tertiary/aromatic N) is 2. The molecule has 1 aromatic rings. The van der Waals surface area contributed by atoms with Gasteiger partial charge in [-0.1, -0.05) is 19.9 Å². The van der Waals surface area contributed by atoms with E-state index in [0.29, 0.717) is 18.6 Å². The third kappa shape index (κ3) is 8.21. The van der Waals surface area contributed by atoms with Crippen molar-refractivity contribution in [3.8, 4) is 0 Å². The number of hydrogen-bond donors (Lipinski definition) is 2. The van der Waals surface area contributed by atoms with Crippen LogP contribution >= 0.6 is 24.0 Å². The Morgan fingerprint density at radius 2 is 1.80 bits per heavy atom. The van der Waals surface area contributed by atoms with Crippen LogP contribution in [-0.2, 0) is 12.7 Å². The number of halogens is 5. The Bertz CT molecular complexity index is 545. The van der Waals surface area contributed by atoms with E-state index in [1.54, 1.807) is 7.05 Å². The maximum Gasteiger partial charge on any atom is 0.416 e. The lowest BCUT2D eigenvalue weighted by atomic mass is 10.1. The van der Waals surface area contributed by atoms with Gasteiger partial charge in [0.2, 0.25) is 0 Å². The average molecular weight is 476 g/mol. The summed E-state index contributed by atoms with van der Waals surface area (Å²) in [7, 11) is 1.54. The number of likely N-dealkylation sites (N-methyl/N-ethyl adjacent to an activating group) is 1. The molecule has 0 amide bonds. The van der Waals surface area contributed by atoms with Gasteiger partial charge in [0.1, 0.15) is 5.82 Å². The number of alkyl halides is 3. The molecule has 0 spiro atoms. The molecule has 0 aliphatic heterocycles. The highest BCUT2D eigenvalue weighted by Gasteiger charge is 2.33. The zero-order valence-electron chi connectivity index (χ0n) is 14.6. The fourth-order valence-corrected chi connectivity index (χ4v) is 2.24. The summed E-state index contributed by atoms with van der Waals surface area (Å²) in [6, 6.07) is 2.66. The predicted octanol–water partition coefficient (Wildman–Crippen LogP) is 3.47. The SMILES string of the molecule is CCN(CC)CCNC(=NC)NCc1ccc(F)cc1C(F)(F)F.I. The molecule has 0 radical (unpaired) electrons. The Labute approximate surface area is 163 Å². The van der Waals surface area contributed by atoms with Crippen molar-refractivity contribution in [3.05, 3.63) is 35.1 Å². The van der Waals surface area contributed by atoms with Crippen LogP contribution in [0.25, 0.3) is 0 Å². The molecule has 0 saturated carbocycles. The standard InChI is InChI=1S/C16H24F4N4.HI/c1-4-24(5-2)9-8-22-15(21-3)23-11-12-6-7-13(17)10-14(12)16(18,19)20;/h6-7,10H,4-5,8-9,11H2,1-3H3,(H2,21,22,23);1H. The summed E-state index contributed by atoms with van der Waals surface area (Å²) in [4.78, 5) is 6.19. The van der Waals surface area contributed by atoms with Gasteiger partial charge in [0.25, 0.3) is 0 Å². The van der Waals surface area contributed by atoms with Crippen LogP contribution in [0.5, 0.6) is 0 Å². The van der Waals surface area contributed by atoms with Gasteiger partial charge in [-0.25, -0.2) is 4.39 Å². The van der Waals surface area contributed by atoms with E-state index in [0.717, 1.165) is 31.8 Å². The molecule has 144 valence electrons. The summed E-state index contributed by atoms with van der Waals surface area (Å²) in [6.45, 7) is 7.30. The molecule has 0 fully saturated rings. The number of nitrogens with one attached hydrogen (secondary N) is 2. The molecule has 9 heteroatoms. The predicted molar refractivity (Wildman–Crippen MR) is 103 cm³/mol. The molecule has 1 rings (SSSR count). The van der Waals surface area contributed by atoms with E-state index in [2.05, 4.69) is 34.4 Å². The normalized spacial score (nSPS) is 12.1. The van der Waals surface area contributed by atoms with Crippen LogP contribution < -0.4 is 10.6 Å². The Morgan fingerprint density at radius 3 is 2.32 bits per heavy atom. The van der Waals surface area contributed by atoms with Crippen molar-refractivity contribution >= 4 is 29.9 Å². The summed E-state index contributed by atoms with van der Waals surface area (Å²) in [6.07, 6.45) is -4.60. The molecule has 25 heavy (non-hydrogen) atoms. The van der Waals surface area contributed by atoms with Gasteiger partial charge in [0.05, 0.1) is 5.56 Å². The van der Waals surface area contributed by atoms with Crippen molar-refractivity contribution in [3.63, 3.8) is 0 Å². The van der Waals surface area contributed by atoms with E-state index >= 15 is 0 Å². The highest BCUT2D eigenvalue weighted by Crippen LogP contribution is 2.32. The second-order valence-electron chi connectivity index (χ2n) is 5.18. The molecule has 0 aliphatic rings. The van der Waals surface area contributed by atoms with Crippen molar-refractivity contribution < 1.29 is 17.6 Å². The van der Waals surface area contributed by atoms with Crippen LogP contribution in [0.3, 0.4) is 0 Å². The maximum absolute atomic E-state index is 13.1. The van der Waals surface area contributed by atoms with Crippen molar-refractivity contribution in [1.82, 2.24) is 15.5 Å². The zero-order chi connectivity index (χ0) is 18.2. The molecule has 0 heterocycles. The summed E-state index contributed by atoms with van der Waals surface area (Å²) >= 11 is 0. The lowest BCUT2D eigenvalue weighted by molar-refractivity contribution is -0.138. The smallest absolute Gasteiger partial charge is 0.355 e. The van der Waals surface area contributed by atoms with Gasteiger partial charge in [-0.05, 0) is 30.8 Å². The molecule has 0 aromatic heterocycles. The largest absolute Gasteiger partial charge is 0.416 e. The summed E-state index contributed by atoms with van der Waals surface area (Å²) < 4.78 is 52.0. The van der Waals surface area contributed by atoms with Crippen LogP contribution in [0.2, 0.25) is 0 Å². The highest BCUT2D eigenvalue weighted by molar-refractivity contribution is 14.0. The Kier molecular flexibility index (Phi) is 11.0. The molecule has 4 nitrogen and oxygen atoms in total. The Hall–Kier alpha value is -1.10. The van der Waals surface area contributed by atoms with E-state index in [9.17, 15) is 17.6 Å². The fourth-order valence-electron chi connectivity index (χ4n) is 2.24. The first-order valence-electron chi connectivity index (χ1n) is 7.84. The van der Waals surface area contributed by atoms with Crippen LogP contribution in [0.1, 0.15) is 25.0 Å². The minimum atomic E-state index is -4.60. The quantitative estimate of drug-likeness (QED) is 0.274. The number of rotatable bonds is 7. The average Bonchev–Trinajstić information content (AvgIpc) is 2.54. The van der Waals surface area contributed by atoms with Gasteiger partial charge in [0, 0.05) is 26.7 Å². The molecule has 0 atom stereocenters. The molecule has 0 aliphatic carbocycles. The first-order valence-corrected chi connectivity index (χ1v) is 7.84. The summed E-state index contributed by atoms with van der Waals surface area (Å²) in [5, 5.41) is 5.88. The van der Waals surface area contributed by atoms with Gasteiger partial charge in [-0.3, -0.25) is 4.99 Å². The fraction of sp³-hybridized carbons (Fsp3) is 0.562. The molecule has 2 N–H and O–H groups in total. The van der Waals surface area contributed by atoms with E-state index in [-0.39, 0.29) is 36.1 Å². The molecular weight excluding hydrogens is 451 g/mol. The molecule has 1 aromatic carbocycles. The van der Waals surface area contributed by atoms with Crippen LogP contribution in [0.15, 0.2) is 23.2 Å². The molecule has 0 unspecified atom stereocenters. The highest BCUT2D eigenvalue weighted by atomic mass is 127. The Balaban J connectivity index is 0.00000576. The van der Waals surface area contributed by atoms with Gasteiger partial charge < -0.3 is 15.5 Å². The van der Waals surface area contributed by atoms with Crippen molar-refractivity contribution in [2.75, 3.05) is 33.2 Å². The second-order valence-corrected chi connectivity index (χ2v) is 5.18. The molecular formula is C16H25F4IN4. The first kappa shape index (κ1) is 23.9. The molecule has 0 bridgehead atoms. The zero-order valence-corrected chi connectivity index (χ0v) is 16.9. The van der Waals surface area contributed by atoms with Crippen molar-refractivity contribution in [2.45, 2.75) is 26.6 Å². The van der Waals surface area contributed by atoms with Crippen LogP contribution in [-0.4, -0.2) is 44.1 Å². The number of guanidine groups is 1. The number of benzene rings is 1. The van der Waals surface area contributed by atoms with E-state index in [1.165, 1.54) is 0 Å². The summed E-state index contributed by atoms with van der Waals surface area (Å²) in [5.41, 5.74) is -1.01. The molecule has 0 saturated heterocycles. The number of aliphatic imine (C=N–C) groups is 1. The maximum atomic E-state index is 13.1. The van der Waals surface area contributed by atoms with Crippen LogP contribution in [0, 0.1) is 5.82 Å². The lowest BCUT2D eigenvalue weighted by Gasteiger charge is -2.20. The second kappa shape index (κ2) is 11.5. The topological polar surface area (TPSA) is 39.7 Å².